The zero-order valence-electron chi connectivity index (χ0n) is 14.3. The molecule has 1 aliphatic rings. The molecule has 5 heteroatoms. The fraction of sp³-hybridized carbons (Fsp3) is 0.300. The van der Waals surface area contributed by atoms with Crippen LogP contribution in [-0.4, -0.2) is 24.0 Å². The average molecular weight is 338 g/mol. The molecule has 0 bridgehead atoms. The van der Waals surface area contributed by atoms with Gasteiger partial charge in [-0.1, -0.05) is 49.4 Å². The second-order valence-electron chi connectivity index (χ2n) is 6.04. The van der Waals surface area contributed by atoms with Crippen LogP contribution in [0.5, 0.6) is 5.75 Å². The number of aliphatic imine (C=N–C) groups is 1. The summed E-state index contributed by atoms with van der Waals surface area (Å²) in [7, 11) is 1.60. The molecule has 5 nitrogen and oxygen atoms in total. The van der Waals surface area contributed by atoms with Crippen LogP contribution in [0, 0.1) is 5.92 Å². The van der Waals surface area contributed by atoms with Gasteiger partial charge in [-0.25, -0.2) is 9.79 Å². The molecule has 2 aromatic carbocycles. The normalized spacial score (nSPS) is 21.2. The number of carbonyl (C=O) groups is 1. The van der Waals surface area contributed by atoms with Gasteiger partial charge in [-0.05, 0) is 29.7 Å². The van der Waals surface area contributed by atoms with Crippen LogP contribution < -0.4 is 10.1 Å². The molecule has 3 rings (SSSR count). The molecule has 3 atom stereocenters. The summed E-state index contributed by atoms with van der Waals surface area (Å²) in [4.78, 5) is 16.2. The van der Waals surface area contributed by atoms with Crippen molar-refractivity contribution in [2.24, 2.45) is 10.9 Å². The van der Waals surface area contributed by atoms with E-state index in [9.17, 15) is 9.90 Å². The maximum Gasteiger partial charge on any atom is 0.341 e. The van der Waals surface area contributed by atoms with Crippen molar-refractivity contribution < 1.29 is 14.6 Å². The van der Waals surface area contributed by atoms with Crippen LogP contribution in [0.15, 0.2) is 59.6 Å². The minimum absolute atomic E-state index is 0.336. The molecule has 2 amide bonds. The van der Waals surface area contributed by atoms with Gasteiger partial charge in [0.1, 0.15) is 5.75 Å². The fourth-order valence-electron chi connectivity index (χ4n) is 3.31. The van der Waals surface area contributed by atoms with Gasteiger partial charge in [0, 0.05) is 5.71 Å². The number of methoxy groups -OCH3 is 1. The monoisotopic (exact) mass is 338 g/mol. The molecule has 1 aliphatic heterocycles. The predicted octanol–water partition coefficient (Wildman–Crippen LogP) is 3.66. The van der Waals surface area contributed by atoms with Crippen LogP contribution in [0.2, 0.25) is 0 Å². The molecular weight excluding hydrogens is 316 g/mol. The molecule has 0 saturated carbocycles. The first-order valence-corrected chi connectivity index (χ1v) is 8.39. The van der Waals surface area contributed by atoms with Crippen molar-refractivity contribution in [3.8, 4) is 5.75 Å². The molecule has 0 saturated heterocycles. The Kier molecular flexibility index (Phi) is 5.14. The minimum atomic E-state index is -0.767. The van der Waals surface area contributed by atoms with E-state index in [-0.39, 0.29) is 18.0 Å². The highest BCUT2D eigenvalue weighted by atomic mass is 16.5. The van der Waals surface area contributed by atoms with Crippen molar-refractivity contribution in [1.82, 2.24) is 5.32 Å². The highest BCUT2D eigenvalue weighted by molar-refractivity contribution is 5.99. The van der Waals surface area contributed by atoms with Crippen LogP contribution in [0.4, 0.5) is 4.79 Å². The molecule has 1 heterocycles. The number of urea groups is 1. The Labute approximate surface area is 147 Å². The minimum Gasteiger partial charge on any atom is -0.497 e. The molecule has 2 aromatic rings. The summed E-state index contributed by atoms with van der Waals surface area (Å²) >= 11 is 0. The summed E-state index contributed by atoms with van der Waals surface area (Å²) in [5.41, 5.74) is 2.39. The summed E-state index contributed by atoms with van der Waals surface area (Å²) < 4.78 is 5.30. The van der Waals surface area contributed by atoms with Crippen molar-refractivity contribution >= 4 is 11.7 Å². The maximum atomic E-state index is 12.1. The van der Waals surface area contributed by atoms with Gasteiger partial charge >= 0.3 is 6.03 Å². The van der Waals surface area contributed by atoms with E-state index in [1.54, 1.807) is 7.11 Å². The largest absolute Gasteiger partial charge is 0.497 e. The number of aliphatic hydroxyl groups is 1. The lowest BCUT2D eigenvalue weighted by Gasteiger charge is -2.35. The number of carbonyl (C=O) groups excluding carboxylic acids is 1. The van der Waals surface area contributed by atoms with Gasteiger partial charge in [0.05, 0.1) is 25.2 Å². The smallest absolute Gasteiger partial charge is 0.341 e. The molecular formula is C20H22N2O3. The van der Waals surface area contributed by atoms with Gasteiger partial charge in [0.15, 0.2) is 0 Å². The third-order valence-electron chi connectivity index (χ3n) is 4.56. The number of nitrogens with zero attached hydrogens (tertiary/aromatic N) is 1. The molecule has 0 aromatic heterocycles. The molecule has 0 radical (unpaired) electrons. The first kappa shape index (κ1) is 17.2. The van der Waals surface area contributed by atoms with Crippen LogP contribution in [0.1, 0.15) is 36.6 Å². The van der Waals surface area contributed by atoms with Crippen molar-refractivity contribution in [3.05, 3.63) is 65.7 Å². The number of aliphatic hydroxyl groups excluding tert-OH is 1. The number of nitrogens with one attached hydrogen (secondary N) is 1. The topological polar surface area (TPSA) is 70.9 Å². The molecule has 25 heavy (non-hydrogen) atoms. The van der Waals surface area contributed by atoms with Crippen LogP contribution in [0.3, 0.4) is 0 Å². The third kappa shape index (κ3) is 3.56. The summed E-state index contributed by atoms with van der Waals surface area (Å²) in [5, 5.41) is 13.9. The average Bonchev–Trinajstić information content (AvgIpc) is 2.67. The van der Waals surface area contributed by atoms with Gasteiger partial charge < -0.3 is 15.2 Å². The Bertz CT molecular complexity index is 774. The molecule has 0 aliphatic carbocycles. The Morgan fingerprint density at radius 3 is 2.64 bits per heavy atom. The summed E-state index contributed by atoms with van der Waals surface area (Å²) in [6, 6.07) is 16.3. The second kappa shape index (κ2) is 7.49. The highest BCUT2D eigenvalue weighted by Gasteiger charge is 2.38. The third-order valence-corrected chi connectivity index (χ3v) is 4.56. The van der Waals surface area contributed by atoms with Crippen molar-refractivity contribution in [3.63, 3.8) is 0 Å². The Morgan fingerprint density at radius 2 is 1.96 bits per heavy atom. The van der Waals surface area contributed by atoms with E-state index in [0.29, 0.717) is 17.9 Å². The quantitative estimate of drug-likeness (QED) is 0.874. The molecule has 130 valence electrons. The Hall–Kier alpha value is -2.66. The maximum absolute atomic E-state index is 12.1. The number of amides is 2. The lowest BCUT2D eigenvalue weighted by Crippen LogP contribution is -2.43. The van der Waals surface area contributed by atoms with E-state index in [2.05, 4.69) is 10.3 Å². The van der Waals surface area contributed by atoms with Gasteiger partial charge in [-0.15, -0.1) is 0 Å². The van der Waals surface area contributed by atoms with Crippen LogP contribution >= 0.6 is 0 Å². The summed E-state index contributed by atoms with van der Waals surface area (Å²) in [6.45, 7) is 1.95. The van der Waals surface area contributed by atoms with E-state index < -0.39 is 6.10 Å². The predicted molar refractivity (Wildman–Crippen MR) is 96.9 cm³/mol. The summed E-state index contributed by atoms with van der Waals surface area (Å²) in [6.07, 6.45) is -0.167. The van der Waals surface area contributed by atoms with Gasteiger partial charge in [0.2, 0.25) is 0 Å². The lowest BCUT2D eigenvalue weighted by atomic mass is 9.80. The Balaban J connectivity index is 2.04. The van der Waals surface area contributed by atoms with E-state index in [1.807, 2.05) is 61.5 Å². The molecule has 0 spiro atoms. The summed E-state index contributed by atoms with van der Waals surface area (Å²) in [5.74, 6) is 0.373. The van der Waals surface area contributed by atoms with Crippen LogP contribution in [0.25, 0.3) is 0 Å². The van der Waals surface area contributed by atoms with E-state index in [1.165, 1.54) is 0 Å². The fourth-order valence-corrected chi connectivity index (χ4v) is 3.31. The Morgan fingerprint density at radius 1 is 1.20 bits per heavy atom. The second-order valence-corrected chi connectivity index (χ2v) is 6.04. The van der Waals surface area contributed by atoms with Gasteiger partial charge in [0.25, 0.3) is 0 Å². The van der Waals surface area contributed by atoms with E-state index >= 15 is 0 Å². The number of ether oxygens (including phenoxy) is 1. The van der Waals surface area contributed by atoms with Gasteiger partial charge in [-0.2, -0.15) is 0 Å². The zero-order chi connectivity index (χ0) is 17.8. The SMILES string of the molecule is CCC1=NC(=O)NC(c2cccc(OC)c2)C1C(O)c1ccccc1. The number of hydrogen-bond donors (Lipinski definition) is 2. The highest BCUT2D eigenvalue weighted by Crippen LogP contribution is 2.37. The number of benzene rings is 2. The zero-order valence-corrected chi connectivity index (χ0v) is 14.3. The first-order chi connectivity index (χ1) is 12.1. The van der Waals surface area contributed by atoms with Crippen molar-refractivity contribution in [2.45, 2.75) is 25.5 Å². The van der Waals surface area contributed by atoms with Crippen molar-refractivity contribution in [1.29, 1.82) is 0 Å². The lowest BCUT2D eigenvalue weighted by molar-refractivity contribution is 0.117. The van der Waals surface area contributed by atoms with E-state index in [4.69, 9.17) is 4.74 Å². The standard InChI is InChI=1S/C20H22N2O3/c1-3-16-17(19(23)13-8-5-4-6-9-13)18(22-20(24)21-16)14-10-7-11-15(12-14)25-2/h4-12,17-19,23H,3H2,1-2H3,(H,22,24). The van der Waals surface area contributed by atoms with Gasteiger partial charge in [-0.3, -0.25) is 0 Å². The van der Waals surface area contributed by atoms with Crippen molar-refractivity contribution in [2.75, 3.05) is 7.11 Å². The van der Waals surface area contributed by atoms with E-state index in [0.717, 1.165) is 11.1 Å². The molecule has 0 fully saturated rings. The molecule has 3 unspecified atom stereocenters. The van der Waals surface area contributed by atoms with Crippen LogP contribution in [-0.2, 0) is 0 Å². The first-order valence-electron chi connectivity index (χ1n) is 8.39. The molecule has 2 N–H and O–H groups in total. The number of rotatable bonds is 5. The number of hydrogen-bond acceptors (Lipinski definition) is 3.